The quantitative estimate of drug-likeness (QED) is 0.444. The number of halogens is 1. The van der Waals surface area contributed by atoms with Crippen molar-refractivity contribution in [1.29, 1.82) is 0 Å². The lowest BCUT2D eigenvalue weighted by Crippen LogP contribution is -2.23. The Morgan fingerprint density at radius 1 is 1.00 bits per heavy atom. The number of amides is 1. The SMILES string of the molecule is CN(C)S(=O)(=O)c1cc(C(=O)Nc2nc3ccccc3n2-c2ccccc2)ccc1Br. The van der Waals surface area contributed by atoms with Gasteiger partial charge in [-0.25, -0.2) is 17.7 Å². The Bertz CT molecular complexity index is 1380. The number of nitrogens with one attached hydrogen (secondary N) is 1. The summed E-state index contributed by atoms with van der Waals surface area (Å²) in [5.74, 6) is -0.118. The van der Waals surface area contributed by atoms with Gasteiger partial charge < -0.3 is 0 Å². The average molecular weight is 499 g/mol. The Hall–Kier alpha value is -3.01. The molecule has 0 saturated carbocycles. The van der Waals surface area contributed by atoms with Gasteiger partial charge in [-0.05, 0) is 58.4 Å². The molecule has 0 aliphatic carbocycles. The third-order valence-electron chi connectivity index (χ3n) is 4.75. The zero-order chi connectivity index (χ0) is 22.2. The van der Waals surface area contributed by atoms with Crippen molar-refractivity contribution in [3.63, 3.8) is 0 Å². The number of hydrogen-bond donors (Lipinski definition) is 1. The number of rotatable bonds is 5. The van der Waals surface area contributed by atoms with Crippen LogP contribution in [0, 0.1) is 0 Å². The lowest BCUT2D eigenvalue weighted by Gasteiger charge is -2.14. The van der Waals surface area contributed by atoms with Crippen molar-refractivity contribution in [2.24, 2.45) is 0 Å². The van der Waals surface area contributed by atoms with Gasteiger partial charge in [0.05, 0.1) is 15.9 Å². The highest BCUT2D eigenvalue weighted by Gasteiger charge is 2.23. The molecule has 0 unspecified atom stereocenters. The molecule has 0 saturated heterocycles. The second-order valence-corrected chi connectivity index (χ2v) is 9.96. The fourth-order valence-electron chi connectivity index (χ4n) is 3.16. The van der Waals surface area contributed by atoms with Crippen LogP contribution in [0.5, 0.6) is 0 Å². The summed E-state index contributed by atoms with van der Waals surface area (Å²) in [6.07, 6.45) is 0. The summed E-state index contributed by atoms with van der Waals surface area (Å²) >= 11 is 3.26. The number of hydrogen-bond acceptors (Lipinski definition) is 4. The van der Waals surface area contributed by atoms with Gasteiger partial charge in [-0.1, -0.05) is 30.3 Å². The second kappa shape index (κ2) is 8.26. The number of fused-ring (bicyclic) bond motifs is 1. The summed E-state index contributed by atoms with van der Waals surface area (Å²) in [5, 5.41) is 2.83. The number of para-hydroxylation sites is 3. The van der Waals surface area contributed by atoms with Gasteiger partial charge in [0, 0.05) is 29.8 Å². The van der Waals surface area contributed by atoms with Crippen LogP contribution in [0.25, 0.3) is 16.7 Å². The number of aromatic nitrogens is 2. The molecule has 7 nitrogen and oxygen atoms in total. The number of nitrogens with zero attached hydrogens (tertiary/aromatic N) is 3. The largest absolute Gasteiger partial charge is 0.292 e. The van der Waals surface area contributed by atoms with Crippen LogP contribution in [-0.4, -0.2) is 42.3 Å². The van der Waals surface area contributed by atoms with E-state index in [0.29, 0.717) is 10.4 Å². The first-order valence-electron chi connectivity index (χ1n) is 9.35. The molecule has 0 spiro atoms. The number of carbonyl (C=O) groups is 1. The van der Waals surface area contributed by atoms with E-state index in [1.54, 1.807) is 12.1 Å². The zero-order valence-corrected chi connectivity index (χ0v) is 19.2. The minimum atomic E-state index is -3.72. The van der Waals surface area contributed by atoms with E-state index in [9.17, 15) is 13.2 Å². The van der Waals surface area contributed by atoms with Crippen molar-refractivity contribution in [3.8, 4) is 5.69 Å². The van der Waals surface area contributed by atoms with Crippen molar-refractivity contribution in [2.75, 3.05) is 19.4 Å². The van der Waals surface area contributed by atoms with Crippen LogP contribution in [0.3, 0.4) is 0 Å². The molecule has 158 valence electrons. The molecule has 0 bridgehead atoms. The molecule has 1 amide bonds. The average Bonchev–Trinajstić information content (AvgIpc) is 3.12. The fraction of sp³-hybridized carbons (Fsp3) is 0.0909. The zero-order valence-electron chi connectivity index (χ0n) is 16.8. The summed E-state index contributed by atoms with van der Waals surface area (Å²) in [4.78, 5) is 17.6. The van der Waals surface area contributed by atoms with Crippen LogP contribution in [-0.2, 0) is 10.0 Å². The Morgan fingerprint density at radius 3 is 2.39 bits per heavy atom. The Balaban J connectivity index is 1.77. The van der Waals surface area contributed by atoms with E-state index in [2.05, 4.69) is 26.2 Å². The van der Waals surface area contributed by atoms with Gasteiger partial charge >= 0.3 is 0 Å². The number of benzene rings is 3. The molecule has 0 atom stereocenters. The maximum Gasteiger partial charge on any atom is 0.258 e. The molecular formula is C22H19BrN4O3S. The van der Waals surface area contributed by atoms with Gasteiger partial charge in [0.15, 0.2) is 0 Å². The first kappa shape index (κ1) is 21.2. The van der Waals surface area contributed by atoms with Gasteiger partial charge in [-0.2, -0.15) is 0 Å². The molecule has 31 heavy (non-hydrogen) atoms. The van der Waals surface area contributed by atoms with E-state index in [1.807, 2.05) is 59.2 Å². The van der Waals surface area contributed by atoms with Gasteiger partial charge in [0.1, 0.15) is 0 Å². The number of imidazole rings is 1. The monoisotopic (exact) mass is 498 g/mol. The van der Waals surface area contributed by atoms with Crippen molar-refractivity contribution >= 4 is 48.8 Å². The smallest absolute Gasteiger partial charge is 0.258 e. The van der Waals surface area contributed by atoms with E-state index in [0.717, 1.165) is 21.0 Å². The molecule has 0 aliphatic heterocycles. The fourth-order valence-corrected chi connectivity index (χ4v) is 5.01. The Morgan fingerprint density at radius 2 is 1.68 bits per heavy atom. The summed E-state index contributed by atoms with van der Waals surface area (Å²) in [6, 6.07) is 21.6. The van der Waals surface area contributed by atoms with Crippen molar-refractivity contribution < 1.29 is 13.2 Å². The van der Waals surface area contributed by atoms with Gasteiger partial charge in [0.25, 0.3) is 5.91 Å². The maximum absolute atomic E-state index is 13.0. The topological polar surface area (TPSA) is 84.3 Å². The van der Waals surface area contributed by atoms with E-state index in [1.165, 1.54) is 20.2 Å². The molecular weight excluding hydrogens is 480 g/mol. The van der Waals surface area contributed by atoms with Crippen LogP contribution in [0.1, 0.15) is 10.4 Å². The molecule has 9 heteroatoms. The van der Waals surface area contributed by atoms with Crippen LogP contribution >= 0.6 is 15.9 Å². The molecule has 0 radical (unpaired) electrons. The molecule has 0 aliphatic rings. The summed E-state index contributed by atoms with van der Waals surface area (Å²) in [7, 11) is -0.840. The van der Waals surface area contributed by atoms with E-state index >= 15 is 0 Å². The highest BCUT2D eigenvalue weighted by Crippen LogP contribution is 2.27. The number of anilines is 1. The first-order valence-corrected chi connectivity index (χ1v) is 11.6. The van der Waals surface area contributed by atoms with Gasteiger partial charge in [-0.3, -0.25) is 14.7 Å². The predicted octanol–water partition coefficient (Wildman–Crippen LogP) is 4.29. The van der Waals surface area contributed by atoms with E-state index < -0.39 is 15.9 Å². The summed E-state index contributed by atoms with van der Waals surface area (Å²) < 4.78 is 28.5. The molecule has 1 heterocycles. The highest BCUT2D eigenvalue weighted by molar-refractivity contribution is 9.10. The van der Waals surface area contributed by atoms with Crippen LogP contribution < -0.4 is 5.32 Å². The van der Waals surface area contributed by atoms with Gasteiger partial charge in [-0.15, -0.1) is 0 Å². The predicted molar refractivity (Wildman–Crippen MR) is 124 cm³/mol. The summed E-state index contributed by atoms with van der Waals surface area (Å²) in [5.41, 5.74) is 2.62. The standard InChI is InChI=1S/C22H19BrN4O3S/c1-26(2)31(29,30)20-14-15(12-13-17(20)23)21(28)25-22-24-18-10-6-7-11-19(18)27(22)16-8-4-3-5-9-16/h3-14H,1-2H3,(H,24,25,28). The third-order valence-corrected chi connectivity index (χ3v) is 7.56. The minimum Gasteiger partial charge on any atom is -0.292 e. The van der Waals surface area contributed by atoms with Crippen molar-refractivity contribution in [1.82, 2.24) is 13.9 Å². The number of sulfonamides is 1. The molecule has 3 aromatic carbocycles. The molecule has 1 aromatic heterocycles. The normalized spacial score (nSPS) is 11.7. The van der Waals surface area contributed by atoms with Gasteiger partial charge in [0.2, 0.25) is 16.0 Å². The number of carbonyl (C=O) groups excluding carboxylic acids is 1. The van der Waals surface area contributed by atoms with E-state index in [4.69, 9.17) is 0 Å². The minimum absolute atomic E-state index is 0.0155. The van der Waals surface area contributed by atoms with Crippen molar-refractivity contribution in [2.45, 2.75) is 4.90 Å². The Kier molecular flexibility index (Phi) is 5.65. The Labute approximate surface area is 188 Å². The maximum atomic E-state index is 13.0. The third kappa shape index (κ3) is 3.99. The van der Waals surface area contributed by atoms with E-state index in [-0.39, 0.29) is 10.5 Å². The molecule has 4 aromatic rings. The van der Waals surface area contributed by atoms with Crippen LogP contribution in [0.2, 0.25) is 0 Å². The first-order chi connectivity index (χ1) is 14.8. The molecule has 0 fully saturated rings. The van der Waals surface area contributed by atoms with Crippen LogP contribution in [0.4, 0.5) is 5.95 Å². The van der Waals surface area contributed by atoms with Crippen molar-refractivity contribution in [3.05, 3.63) is 82.8 Å². The molecule has 1 N–H and O–H groups in total. The second-order valence-electron chi connectivity index (χ2n) is 6.98. The highest BCUT2D eigenvalue weighted by atomic mass is 79.9. The lowest BCUT2D eigenvalue weighted by molar-refractivity contribution is 0.102. The summed E-state index contributed by atoms with van der Waals surface area (Å²) in [6.45, 7) is 0. The lowest BCUT2D eigenvalue weighted by atomic mass is 10.2. The van der Waals surface area contributed by atoms with Crippen LogP contribution in [0.15, 0.2) is 82.2 Å². The molecule has 4 rings (SSSR count).